The van der Waals surface area contributed by atoms with Crippen LogP contribution in [0.15, 0.2) is 36.7 Å². The van der Waals surface area contributed by atoms with Gasteiger partial charge >= 0.3 is 0 Å². The number of piperazine rings is 1. The number of likely N-dealkylation sites (N-methyl/N-ethyl adjacent to an activating group) is 2. The van der Waals surface area contributed by atoms with Crippen LogP contribution in [0.5, 0.6) is 5.75 Å². The fourth-order valence-electron chi connectivity index (χ4n) is 3.21. The van der Waals surface area contributed by atoms with Crippen LogP contribution in [0.25, 0.3) is 0 Å². The highest BCUT2D eigenvalue weighted by Gasteiger charge is 2.23. The maximum atomic E-state index is 12.0. The van der Waals surface area contributed by atoms with E-state index in [-0.39, 0.29) is 11.9 Å². The molecule has 0 spiro atoms. The Labute approximate surface area is 160 Å². The molecule has 7 nitrogen and oxygen atoms in total. The number of amides is 1. The van der Waals surface area contributed by atoms with E-state index in [1.54, 1.807) is 18.3 Å². The van der Waals surface area contributed by atoms with Crippen LogP contribution in [-0.2, 0) is 11.2 Å². The molecule has 2 heterocycles. The summed E-state index contributed by atoms with van der Waals surface area (Å²) in [7, 11) is 5.56. The quantitative estimate of drug-likeness (QED) is 0.774. The molecular weight excluding hydrogens is 342 g/mol. The molecule has 1 aromatic heterocycles. The Kier molecular flexibility index (Phi) is 5.78. The molecule has 1 saturated heterocycles. The lowest BCUT2D eigenvalue weighted by Gasteiger charge is -2.33. The molecule has 0 bridgehead atoms. The average Bonchev–Trinajstić information content (AvgIpc) is 2.70. The van der Waals surface area contributed by atoms with Gasteiger partial charge in [-0.2, -0.15) is 0 Å². The first-order valence-corrected chi connectivity index (χ1v) is 9.15. The normalized spacial score (nSPS) is 15.6. The van der Waals surface area contributed by atoms with E-state index >= 15 is 0 Å². The summed E-state index contributed by atoms with van der Waals surface area (Å²) in [6.07, 6.45) is 2.41. The number of anilines is 2. The highest BCUT2D eigenvalue weighted by Crippen LogP contribution is 2.24. The molecule has 1 aromatic carbocycles. The standard InChI is InChI=1S/C20H27N5O2/c1-15(11-16-7-5-6-8-17(16)27-4)24(3)18-12-19(22-14-21-18)25-10-9-23(2)20(26)13-25/h5-8,12,14-15H,9-11,13H2,1-4H3. The van der Waals surface area contributed by atoms with Crippen LogP contribution in [0.4, 0.5) is 11.6 Å². The zero-order valence-corrected chi connectivity index (χ0v) is 16.4. The summed E-state index contributed by atoms with van der Waals surface area (Å²) in [5.41, 5.74) is 1.17. The van der Waals surface area contributed by atoms with E-state index < -0.39 is 0 Å². The van der Waals surface area contributed by atoms with Gasteiger partial charge in [0.2, 0.25) is 5.91 Å². The second kappa shape index (κ2) is 8.24. The number of aromatic nitrogens is 2. The van der Waals surface area contributed by atoms with Gasteiger partial charge in [-0.3, -0.25) is 4.79 Å². The number of rotatable bonds is 6. The highest BCUT2D eigenvalue weighted by molar-refractivity contribution is 5.82. The number of methoxy groups -OCH3 is 1. The Morgan fingerprint density at radius 1 is 1.26 bits per heavy atom. The number of benzene rings is 1. The Balaban J connectivity index is 1.73. The molecule has 1 fully saturated rings. The van der Waals surface area contributed by atoms with Gasteiger partial charge in [-0.1, -0.05) is 18.2 Å². The predicted molar refractivity (Wildman–Crippen MR) is 106 cm³/mol. The Morgan fingerprint density at radius 3 is 2.78 bits per heavy atom. The van der Waals surface area contributed by atoms with Gasteiger partial charge < -0.3 is 19.4 Å². The zero-order chi connectivity index (χ0) is 19.4. The van der Waals surface area contributed by atoms with Crippen molar-refractivity contribution in [2.24, 2.45) is 0 Å². The summed E-state index contributed by atoms with van der Waals surface area (Å²) in [6, 6.07) is 10.2. The predicted octanol–water partition coefficient (Wildman–Crippen LogP) is 1.83. The molecule has 7 heteroatoms. The van der Waals surface area contributed by atoms with Gasteiger partial charge in [-0.25, -0.2) is 9.97 Å². The third-order valence-corrected chi connectivity index (χ3v) is 5.15. The molecule has 144 valence electrons. The van der Waals surface area contributed by atoms with E-state index in [1.807, 2.05) is 43.3 Å². The number of carbonyl (C=O) groups is 1. The van der Waals surface area contributed by atoms with Crippen molar-refractivity contribution in [3.8, 4) is 5.75 Å². The Bertz CT molecular complexity index is 797. The molecule has 0 N–H and O–H groups in total. The zero-order valence-electron chi connectivity index (χ0n) is 16.4. The van der Waals surface area contributed by atoms with Gasteiger partial charge in [0, 0.05) is 39.3 Å². The van der Waals surface area contributed by atoms with Crippen LogP contribution in [0.3, 0.4) is 0 Å². The summed E-state index contributed by atoms with van der Waals surface area (Å²) in [6.45, 7) is 4.00. The van der Waals surface area contributed by atoms with Crippen molar-refractivity contribution in [2.45, 2.75) is 19.4 Å². The van der Waals surface area contributed by atoms with Crippen LogP contribution >= 0.6 is 0 Å². The molecule has 0 aliphatic carbocycles. The summed E-state index contributed by atoms with van der Waals surface area (Å²) >= 11 is 0. The lowest BCUT2D eigenvalue weighted by Crippen LogP contribution is -2.48. The van der Waals surface area contributed by atoms with Crippen molar-refractivity contribution in [3.05, 3.63) is 42.2 Å². The third-order valence-electron chi connectivity index (χ3n) is 5.15. The van der Waals surface area contributed by atoms with Crippen molar-refractivity contribution in [2.75, 3.05) is 50.6 Å². The summed E-state index contributed by atoms with van der Waals surface area (Å²) in [5.74, 6) is 2.64. The smallest absolute Gasteiger partial charge is 0.241 e. The monoisotopic (exact) mass is 369 g/mol. The van der Waals surface area contributed by atoms with Crippen LogP contribution in [0, 0.1) is 0 Å². The molecule has 1 amide bonds. The molecule has 3 rings (SSSR count). The second-order valence-electron chi connectivity index (χ2n) is 6.95. The van der Waals surface area contributed by atoms with Crippen molar-refractivity contribution in [1.29, 1.82) is 0 Å². The molecule has 0 saturated carbocycles. The maximum absolute atomic E-state index is 12.0. The fraction of sp³-hybridized carbons (Fsp3) is 0.450. The highest BCUT2D eigenvalue weighted by atomic mass is 16.5. The van der Waals surface area contributed by atoms with Gasteiger partial charge in [0.1, 0.15) is 23.7 Å². The van der Waals surface area contributed by atoms with Crippen molar-refractivity contribution >= 4 is 17.5 Å². The molecule has 0 radical (unpaired) electrons. The molecule has 1 unspecified atom stereocenters. The lowest BCUT2D eigenvalue weighted by molar-refractivity contribution is -0.129. The molecule has 1 aliphatic heterocycles. The van der Waals surface area contributed by atoms with Crippen molar-refractivity contribution < 1.29 is 9.53 Å². The first-order chi connectivity index (χ1) is 13.0. The van der Waals surface area contributed by atoms with E-state index in [1.165, 1.54) is 5.56 Å². The number of nitrogens with zero attached hydrogens (tertiary/aromatic N) is 5. The maximum Gasteiger partial charge on any atom is 0.241 e. The number of para-hydroxylation sites is 1. The molecule has 1 atom stereocenters. The largest absolute Gasteiger partial charge is 0.496 e. The van der Waals surface area contributed by atoms with Crippen molar-refractivity contribution in [3.63, 3.8) is 0 Å². The minimum atomic E-state index is 0.110. The minimum Gasteiger partial charge on any atom is -0.496 e. The van der Waals surface area contributed by atoms with E-state index in [9.17, 15) is 4.79 Å². The van der Waals surface area contributed by atoms with Gasteiger partial charge in [-0.15, -0.1) is 0 Å². The number of carbonyl (C=O) groups excluding carboxylic acids is 1. The number of hydrogen-bond donors (Lipinski definition) is 0. The Hall–Kier alpha value is -2.83. The minimum absolute atomic E-state index is 0.110. The lowest BCUT2D eigenvalue weighted by atomic mass is 10.1. The summed E-state index contributed by atoms with van der Waals surface area (Å²) in [5, 5.41) is 0. The van der Waals surface area contributed by atoms with Crippen LogP contribution in [0.1, 0.15) is 12.5 Å². The second-order valence-corrected chi connectivity index (χ2v) is 6.95. The van der Waals surface area contributed by atoms with Gasteiger partial charge in [0.05, 0.1) is 13.7 Å². The van der Waals surface area contributed by atoms with Gasteiger partial charge in [0.25, 0.3) is 0 Å². The Morgan fingerprint density at radius 2 is 2.04 bits per heavy atom. The van der Waals surface area contributed by atoms with E-state index in [0.717, 1.165) is 30.4 Å². The molecule has 1 aliphatic rings. The third kappa shape index (κ3) is 4.30. The first-order valence-electron chi connectivity index (χ1n) is 9.15. The molecular formula is C20H27N5O2. The molecule has 2 aromatic rings. The van der Waals surface area contributed by atoms with E-state index in [2.05, 4.69) is 27.9 Å². The first kappa shape index (κ1) is 18.9. The average molecular weight is 369 g/mol. The van der Waals surface area contributed by atoms with E-state index in [0.29, 0.717) is 13.1 Å². The van der Waals surface area contributed by atoms with Crippen LogP contribution < -0.4 is 14.5 Å². The SMILES string of the molecule is COc1ccccc1CC(C)N(C)c1cc(N2CCN(C)C(=O)C2)ncn1. The van der Waals surface area contributed by atoms with Crippen LogP contribution in [-0.4, -0.2) is 67.7 Å². The number of ether oxygens (including phenoxy) is 1. The van der Waals surface area contributed by atoms with E-state index in [4.69, 9.17) is 4.74 Å². The van der Waals surface area contributed by atoms with Gasteiger partial charge in [0.15, 0.2) is 0 Å². The number of hydrogen-bond acceptors (Lipinski definition) is 6. The molecule has 27 heavy (non-hydrogen) atoms. The summed E-state index contributed by atoms with van der Waals surface area (Å²) < 4.78 is 5.46. The topological polar surface area (TPSA) is 61.8 Å². The van der Waals surface area contributed by atoms with Gasteiger partial charge in [-0.05, 0) is 25.0 Å². The summed E-state index contributed by atoms with van der Waals surface area (Å²) in [4.78, 5) is 26.7. The fourth-order valence-corrected chi connectivity index (χ4v) is 3.21. The van der Waals surface area contributed by atoms with Crippen LogP contribution in [0.2, 0.25) is 0 Å². The van der Waals surface area contributed by atoms with Crippen molar-refractivity contribution in [1.82, 2.24) is 14.9 Å².